The monoisotopic (exact) mass is 414 g/mol. The van der Waals surface area contributed by atoms with Crippen molar-refractivity contribution in [1.82, 2.24) is 4.72 Å². The molecule has 4 unspecified atom stereocenters. The van der Waals surface area contributed by atoms with E-state index in [1.54, 1.807) is 0 Å². The highest BCUT2D eigenvalue weighted by molar-refractivity contribution is 7.89. The normalized spacial score (nSPS) is 26.6. The van der Waals surface area contributed by atoms with Gasteiger partial charge in [0.1, 0.15) is 24.9 Å². The lowest BCUT2D eigenvalue weighted by atomic mass is 10.1. The minimum atomic E-state index is -3.81. The van der Waals surface area contributed by atoms with Gasteiger partial charge < -0.3 is 24.3 Å². The lowest BCUT2D eigenvalue weighted by Gasteiger charge is -2.18. The van der Waals surface area contributed by atoms with Crippen LogP contribution in [-0.2, 0) is 38.6 Å². The van der Waals surface area contributed by atoms with E-state index in [2.05, 4.69) is 14.8 Å². The van der Waals surface area contributed by atoms with E-state index in [4.69, 9.17) is 14.2 Å². The van der Waals surface area contributed by atoms with Gasteiger partial charge in [-0.1, -0.05) is 0 Å². The molecule has 0 bridgehead atoms. The van der Waals surface area contributed by atoms with Crippen LogP contribution in [0.3, 0.4) is 0 Å². The van der Waals surface area contributed by atoms with Gasteiger partial charge in [0.15, 0.2) is 0 Å². The molecule has 28 heavy (non-hydrogen) atoms. The van der Waals surface area contributed by atoms with Crippen molar-refractivity contribution >= 4 is 27.6 Å². The predicted octanol–water partition coefficient (Wildman–Crippen LogP) is -0.352. The van der Waals surface area contributed by atoms with Crippen molar-refractivity contribution in [3.63, 3.8) is 0 Å². The van der Waals surface area contributed by atoms with Crippen LogP contribution in [0.1, 0.15) is 6.92 Å². The fraction of sp³-hybridized carbons (Fsp3) is 0.529. The third-order valence-corrected chi connectivity index (χ3v) is 5.95. The van der Waals surface area contributed by atoms with Crippen molar-refractivity contribution in [2.45, 2.75) is 36.2 Å². The van der Waals surface area contributed by atoms with Crippen LogP contribution in [0.25, 0.3) is 0 Å². The van der Waals surface area contributed by atoms with Crippen molar-refractivity contribution < 1.29 is 37.0 Å². The van der Waals surface area contributed by atoms with Crippen molar-refractivity contribution in [3.05, 3.63) is 24.3 Å². The third-order valence-electron chi connectivity index (χ3n) is 4.44. The SMILES string of the molecule is COC(=O)COC1COC2C(NS(=O)(=O)c3ccc(NC(C)=O)cc3)COC12. The molecule has 1 aromatic rings. The van der Waals surface area contributed by atoms with Crippen molar-refractivity contribution in [2.75, 3.05) is 32.2 Å². The van der Waals surface area contributed by atoms with Gasteiger partial charge in [-0.15, -0.1) is 0 Å². The molecule has 0 aromatic heterocycles. The van der Waals surface area contributed by atoms with Gasteiger partial charge in [-0.05, 0) is 24.3 Å². The fourth-order valence-electron chi connectivity index (χ4n) is 3.13. The molecular weight excluding hydrogens is 392 g/mol. The smallest absolute Gasteiger partial charge is 0.331 e. The predicted molar refractivity (Wildman–Crippen MR) is 96.1 cm³/mol. The van der Waals surface area contributed by atoms with Crippen LogP contribution in [0.4, 0.5) is 5.69 Å². The van der Waals surface area contributed by atoms with Crippen LogP contribution in [-0.4, -0.2) is 71.6 Å². The number of fused-ring (bicyclic) bond motifs is 1. The van der Waals surface area contributed by atoms with E-state index in [0.717, 1.165) is 0 Å². The summed E-state index contributed by atoms with van der Waals surface area (Å²) in [5, 5.41) is 2.57. The molecule has 0 spiro atoms. The molecule has 1 aromatic carbocycles. The first-order valence-corrected chi connectivity index (χ1v) is 10.1. The van der Waals surface area contributed by atoms with Crippen LogP contribution in [0, 0.1) is 0 Å². The van der Waals surface area contributed by atoms with Gasteiger partial charge in [-0.3, -0.25) is 4.79 Å². The lowest BCUT2D eigenvalue weighted by Crippen LogP contribution is -2.44. The van der Waals surface area contributed by atoms with Gasteiger partial charge >= 0.3 is 5.97 Å². The average Bonchev–Trinajstić information content (AvgIpc) is 3.22. The van der Waals surface area contributed by atoms with Gasteiger partial charge in [0.2, 0.25) is 15.9 Å². The Hall–Kier alpha value is -2.05. The second-order valence-corrected chi connectivity index (χ2v) is 8.17. The zero-order chi connectivity index (χ0) is 20.3. The number of carbonyl (C=O) groups is 2. The Morgan fingerprint density at radius 2 is 1.82 bits per heavy atom. The van der Waals surface area contributed by atoms with E-state index in [-0.39, 0.29) is 30.6 Å². The molecule has 2 N–H and O–H groups in total. The van der Waals surface area contributed by atoms with Crippen molar-refractivity contribution in [3.8, 4) is 0 Å². The molecule has 10 nitrogen and oxygen atoms in total. The summed E-state index contributed by atoms with van der Waals surface area (Å²) >= 11 is 0. The highest BCUT2D eigenvalue weighted by atomic mass is 32.2. The van der Waals surface area contributed by atoms with Crippen LogP contribution in [0.2, 0.25) is 0 Å². The van der Waals surface area contributed by atoms with Gasteiger partial charge in [0, 0.05) is 12.6 Å². The molecule has 0 aliphatic carbocycles. The summed E-state index contributed by atoms with van der Waals surface area (Å²) in [4.78, 5) is 22.3. The van der Waals surface area contributed by atoms with Gasteiger partial charge in [-0.25, -0.2) is 17.9 Å². The number of rotatable bonds is 7. The molecule has 154 valence electrons. The Morgan fingerprint density at radius 1 is 1.14 bits per heavy atom. The number of anilines is 1. The molecule has 1 amide bonds. The Morgan fingerprint density at radius 3 is 2.46 bits per heavy atom. The average molecular weight is 414 g/mol. The number of benzene rings is 1. The fourth-order valence-corrected chi connectivity index (χ4v) is 4.36. The first kappa shape index (κ1) is 20.7. The van der Waals surface area contributed by atoms with Gasteiger partial charge in [0.05, 0.1) is 31.3 Å². The van der Waals surface area contributed by atoms with E-state index in [9.17, 15) is 18.0 Å². The number of carbonyl (C=O) groups excluding carboxylic acids is 2. The Kier molecular flexibility index (Phi) is 6.30. The summed E-state index contributed by atoms with van der Waals surface area (Å²) in [6.45, 7) is 1.45. The van der Waals surface area contributed by atoms with E-state index in [1.165, 1.54) is 38.3 Å². The summed E-state index contributed by atoms with van der Waals surface area (Å²) in [7, 11) is -2.55. The molecule has 2 heterocycles. The second-order valence-electron chi connectivity index (χ2n) is 6.45. The second kappa shape index (κ2) is 8.53. The summed E-state index contributed by atoms with van der Waals surface area (Å²) in [6, 6.07) is 5.23. The molecule has 2 saturated heterocycles. The Balaban J connectivity index is 1.61. The summed E-state index contributed by atoms with van der Waals surface area (Å²) < 4.78 is 49.1. The summed E-state index contributed by atoms with van der Waals surface area (Å²) in [5.74, 6) is -0.758. The van der Waals surface area contributed by atoms with Crippen LogP contribution in [0.5, 0.6) is 0 Å². The molecule has 0 radical (unpaired) electrons. The molecule has 4 atom stereocenters. The van der Waals surface area contributed by atoms with Crippen LogP contribution < -0.4 is 10.0 Å². The number of sulfonamides is 1. The minimum absolute atomic E-state index is 0.0570. The van der Waals surface area contributed by atoms with Crippen LogP contribution >= 0.6 is 0 Å². The first-order valence-electron chi connectivity index (χ1n) is 8.62. The highest BCUT2D eigenvalue weighted by Gasteiger charge is 2.49. The number of hydrogen-bond donors (Lipinski definition) is 2. The van der Waals surface area contributed by atoms with Crippen molar-refractivity contribution in [2.24, 2.45) is 0 Å². The van der Waals surface area contributed by atoms with E-state index in [1.807, 2.05) is 0 Å². The molecule has 2 fully saturated rings. The number of methoxy groups -OCH3 is 1. The molecule has 2 aliphatic heterocycles. The zero-order valence-corrected chi connectivity index (χ0v) is 16.2. The third kappa shape index (κ3) is 4.67. The first-order chi connectivity index (χ1) is 13.3. The quantitative estimate of drug-likeness (QED) is 0.579. The van der Waals surface area contributed by atoms with E-state index in [0.29, 0.717) is 5.69 Å². The van der Waals surface area contributed by atoms with Gasteiger partial charge in [0.25, 0.3) is 0 Å². The maximum atomic E-state index is 12.6. The Bertz CT molecular complexity index is 826. The van der Waals surface area contributed by atoms with E-state index < -0.39 is 40.3 Å². The Labute approximate surface area is 162 Å². The molecule has 11 heteroatoms. The maximum absolute atomic E-state index is 12.6. The summed E-state index contributed by atoms with van der Waals surface area (Å²) in [5.41, 5.74) is 0.500. The van der Waals surface area contributed by atoms with Gasteiger partial charge in [-0.2, -0.15) is 0 Å². The topological polar surface area (TPSA) is 129 Å². The van der Waals surface area contributed by atoms with Crippen molar-refractivity contribution in [1.29, 1.82) is 0 Å². The zero-order valence-electron chi connectivity index (χ0n) is 15.4. The number of amides is 1. The number of hydrogen-bond acceptors (Lipinski definition) is 8. The number of ether oxygens (including phenoxy) is 4. The van der Waals surface area contributed by atoms with E-state index >= 15 is 0 Å². The number of nitrogens with one attached hydrogen (secondary N) is 2. The molecule has 3 rings (SSSR count). The lowest BCUT2D eigenvalue weighted by molar-refractivity contribution is -0.150. The molecule has 0 saturated carbocycles. The van der Waals surface area contributed by atoms with Crippen LogP contribution in [0.15, 0.2) is 29.2 Å². The summed E-state index contributed by atoms with van der Waals surface area (Å²) in [6.07, 6.45) is -1.47. The largest absolute Gasteiger partial charge is 0.467 e. The maximum Gasteiger partial charge on any atom is 0.331 e. The molecule has 2 aliphatic rings. The molecular formula is C17H22N2O8S. The number of esters is 1. The minimum Gasteiger partial charge on any atom is -0.467 e. The standard InChI is InChI=1S/C17H22N2O8S/c1-10(20)18-11-3-5-12(6-4-11)28(22,23)19-13-7-26-17-14(8-27-16(13)17)25-9-15(21)24-2/h3-6,13-14,16-17,19H,7-9H2,1-2H3,(H,18,20). The highest BCUT2D eigenvalue weighted by Crippen LogP contribution is 2.30.